The van der Waals surface area contributed by atoms with E-state index in [4.69, 9.17) is 11.6 Å². The van der Waals surface area contributed by atoms with E-state index in [0.29, 0.717) is 11.1 Å². The molecule has 3 rings (SSSR count). The highest BCUT2D eigenvalue weighted by atomic mass is 35.5. The van der Waals surface area contributed by atoms with Crippen molar-refractivity contribution in [1.82, 2.24) is 5.32 Å². The maximum Gasteiger partial charge on any atom is 0.244 e. The van der Waals surface area contributed by atoms with E-state index in [0.717, 1.165) is 17.4 Å². The maximum absolute atomic E-state index is 11.9. The summed E-state index contributed by atoms with van der Waals surface area (Å²) in [4.78, 5) is 11.9. The minimum absolute atomic E-state index is 0.0208. The van der Waals surface area contributed by atoms with Crippen LogP contribution in [0.3, 0.4) is 0 Å². The van der Waals surface area contributed by atoms with E-state index in [1.807, 2.05) is 30.3 Å². The fourth-order valence-corrected chi connectivity index (χ4v) is 3.52. The van der Waals surface area contributed by atoms with Crippen molar-refractivity contribution >= 4 is 23.6 Å². The highest BCUT2D eigenvalue weighted by Crippen LogP contribution is 2.44. The molecule has 2 fully saturated rings. The van der Waals surface area contributed by atoms with Crippen LogP contribution in [0.1, 0.15) is 31.2 Å². The second kappa shape index (κ2) is 5.38. The molecule has 1 aromatic carbocycles. The number of amides is 1. The molecule has 1 amide bonds. The van der Waals surface area contributed by atoms with Crippen molar-refractivity contribution in [1.29, 1.82) is 0 Å². The number of hydrogen-bond acceptors (Lipinski definition) is 1. The van der Waals surface area contributed by atoms with E-state index in [1.165, 1.54) is 25.7 Å². The lowest BCUT2D eigenvalue weighted by atomic mass is 9.95. The van der Waals surface area contributed by atoms with Crippen molar-refractivity contribution in [2.45, 2.75) is 31.7 Å². The fourth-order valence-electron chi connectivity index (χ4n) is 3.40. The van der Waals surface area contributed by atoms with Gasteiger partial charge in [0.2, 0.25) is 5.91 Å². The number of benzene rings is 1. The fraction of sp³-hybridized carbons (Fsp3) is 0.438. The molecule has 3 atom stereocenters. The summed E-state index contributed by atoms with van der Waals surface area (Å²) in [5.74, 6) is 1.60. The predicted molar refractivity (Wildman–Crippen MR) is 77.9 cm³/mol. The van der Waals surface area contributed by atoms with Crippen LogP contribution in [0.2, 0.25) is 5.02 Å². The summed E-state index contributed by atoms with van der Waals surface area (Å²) in [6.45, 7) is 0. The molecule has 0 saturated heterocycles. The first-order valence-electron chi connectivity index (χ1n) is 6.95. The Hall–Kier alpha value is -1.28. The first-order chi connectivity index (χ1) is 9.20. The third-order valence-corrected chi connectivity index (χ3v) is 4.61. The summed E-state index contributed by atoms with van der Waals surface area (Å²) in [5, 5.41) is 3.85. The molecule has 0 aliphatic heterocycles. The number of carbonyl (C=O) groups is 1. The SMILES string of the molecule is O=C(/C=C/c1ccc(Cl)cc1)N[C@H]1C[C@H]2CC[C@H]1C2. The summed E-state index contributed by atoms with van der Waals surface area (Å²) in [6, 6.07) is 7.87. The van der Waals surface area contributed by atoms with Crippen LogP contribution in [0.15, 0.2) is 30.3 Å². The molecule has 0 aromatic heterocycles. The summed E-state index contributed by atoms with van der Waals surface area (Å²) in [6.07, 6.45) is 8.58. The van der Waals surface area contributed by atoms with E-state index in [1.54, 1.807) is 6.08 Å². The Bertz CT molecular complexity index is 494. The highest BCUT2D eigenvalue weighted by molar-refractivity contribution is 6.30. The highest BCUT2D eigenvalue weighted by Gasteiger charge is 2.39. The van der Waals surface area contributed by atoms with Crippen LogP contribution >= 0.6 is 11.6 Å². The molecule has 2 aliphatic rings. The van der Waals surface area contributed by atoms with Gasteiger partial charge in [0.25, 0.3) is 0 Å². The Balaban J connectivity index is 1.55. The predicted octanol–water partition coefficient (Wildman–Crippen LogP) is 3.66. The van der Waals surface area contributed by atoms with Gasteiger partial charge >= 0.3 is 0 Å². The van der Waals surface area contributed by atoms with E-state index in [2.05, 4.69) is 5.32 Å². The molecule has 0 heterocycles. The molecule has 1 N–H and O–H groups in total. The molecule has 2 nitrogen and oxygen atoms in total. The lowest BCUT2D eigenvalue weighted by molar-refractivity contribution is -0.117. The van der Waals surface area contributed by atoms with Crippen LogP contribution in [0, 0.1) is 11.8 Å². The van der Waals surface area contributed by atoms with Crippen LogP contribution in [0.5, 0.6) is 0 Å². The van der Waals surface area contributed by atoms with Gasteiger partial charge in [0.1, 0.15) is 0 Å². The summed E-state index contributed by atoms with van der Waals surface area (Å²) in [7, 11) is 0. The smallest absolute Gasteiger partial charge is 0.244 e. The Kier molecular flexibility index (Phi) is 3.61. The standard InChI is InChI=1S/C16H18ClNO/c17-14-6-2-11(3-7-14)4-8-16(19)18-15-10-12-1-5-13(15)9-12/h2-4,6-8,12-13,15H,1,5,9-10H2,(H,18,19)/b8-4+/t12-,13-,15-/m0/s1. The average molecular weight is 276 g/mol. The lowest BCUT2D eigenvalue weighted by Crippen LogP contribution is -2.37. The Morgan fingerprint density at radius 2 is 2.00 bits per heavy atom. The van der Waals surface area contributed by atoms with Crippen molar-refractivity contribution in [3.8, 4) is 0 Å². The molecule has 100 valence electrons. The summed E-state index contributed by atoms with van der Waals surface area (Å²) >= 11 is 5.82. The number of rotatable bonds is 3. The second-order valence-corrected chi connectivity index (χ2v) is 6.11. The monoisotopic (exact) mass is 275 g/mol. The Morgan fingerprint density at radius 1 is 1.21 bits per heavy atom. The number of halogens is 1. The molecule has 19 heavy (non-hydrogen) atoms. The van der Waals surface area contributed by atoms with E-state index in [9.17, 15) is 4.79 Å². The van der Waals surface area contributed by atoms with Crippen LogP contribution in [-0.2, 0) is 4.79 Å². The molecule has 0 unspecified atom stereocenters. The minimum atomic E-state index is 0.0208. The van der Waals surface area contributed by atoms with Crippen molar-refractivity contribution in [2.24, 2.45) is 11.8 Å². The van der Waals surface area contributed by atoms with Crippen molar-refractivity contribution in [2.75, 3.05) is 0 Å². The van der Waals surface area contributed by atoms with Gasteiger partial charge < -0.3 is 5.32 Å². The van der Waals surface area contributed by atoms with Gasteiger partial charge in [-0.05, 0) is 54.9 Å². The summed E-state index contributed by atoms with van der Waals surface area (Å²) < 4.78 is 0. The summed E-state index contributed by atoms with van der Waals surface area (Å²) in [5.41, 5.74) is 0.993. The molecule has 0 radical (unpaired) electrons. The zero-order chi connectivity index (χ0) is 13.2. The molecule has 2 aliphatic carbocycles. The van der Waals surface area contributed by atoms with Gasteiger partial charge in [-0.1, -0.05) is 30.2 Å². The largest absolute Gasteiger partial charge is 0.350 e. The Morgan fingerprint density at radius 3 is 2.63 bits per heavy atom. The molecule has 2 saturated carbocycles. The van der Waals surface area contributed by atoms with Gasteiger partial charge in [-0.3, -0.25) is 4.79 Å². The van der Waals surface area contributed by atoms with Gasteiger partial charge in [0, 0.05) is 17.1 Å². The Labute approximate surface area is 118 Å². The zero-order valence-electron chi connectivity index (χ0n) is 10.8. The minimum Gasteiger partial charge on any atom is -0.350 e. The van der Waals surface area contributed by atoms with E-state index < -0.39 is 0 Å². The van der Waals surface area contributed by atoms with Crippen LogP contribution < -0.4 is 5.32 Å². The average Bonchev–Trinajstić information content (AvgIpc) is 3.00. The maximum atomic E-state index is 11.9. The van der Waals surface area contributed by atoms with Gasteiger partial charge in [0.05, 0.1) is 0 Å². The van der Waals surface area contributed by atoms with Crippen molar-refractivity contribution in [3.05, 3.63) is 40.9 Å². The van der Waals surface area contributed by atoms with E-state index >= 15 is 0 Å². The molecular formula is C16H18ClNO. The first-order valence-corrected chi connectivity index (χ1v) is 7.32. The van der Waals surface area contributed by atoms with Gasteiger partial charge in [-0.2, -0.15) is 0 Å². The molecule has 3 heteroatoms. The van der Waals surface area contributed by atoms with Crippen molar-refractivity contribution in [3.63, 3.8) is 0 Å². The topological polar surface area (TPSA) is 29.1 Å². The number of carbonyl (C=O) groups excluding carboxylic acids is 1. The van der Waals surface area contributed by atoms with Crippen LogP contribution in [0.4, 0.5) is 0 Å². The van der Waals surface area contributed by atoms with Crippen LogP contribution in [0.25, 0.3) is 6.08 Å². The van der Waals surface area contributed by atoms with Gasteiger partial charge in [-0.25, -0.2) is 0 Å². The third-order valence-electron chi connectivity index (χ3n) is 4.36. The van der Waals surface area contributed by atoms with Crippen LogP contribution in [-0.4, -0.2) is 11.9 Å². The molecule has 1 aromatic rings. The first kappa shape index (κ1) is 12.7. The van der Waals surface area contributed by atoms with Gasteiger partial charge in [0.15, 0.2) is 0 Å². The molecular weight excluding hydrogens is 258 g/mol. The number of fused-ring (bicyclic) bond motifs is 2. The quantitative estimate of drug-likeness (QED) is 0.838. The third kappa shape index (κ3) is 3.01. The van der Waals surface area contributed by atoms with Crippen molar-refractivity contribution < 1.29 is 4.79 Å². The zero-order valence-corrected chi connectivity index (χ0v) is 11.6. The molecule has 0 spiro atoms. The lowest BCUT2D eigenvalue weighted by Gasteiger charge is -2.22. The van der Waals surface area contributed by atoms with E-state index in [-0.39, 0.29) is 5.91 Å². The number of nitrogens with one attached hydrogen (secondary N) is 1. The second-order valence-electron chi connectivity index (χ2n) is 5.67. The normalized spacial score (nSPS) is 29.0. The van der Waals surface area contributed by atoms with Gasteiger partial charge in [-0.15, -0.1) is 0 Å². The molecule has 2 bridgehead atoms. The number of hydrogen-bond donors (Lipinski definition) is 1.